The Balaban J connectivity index is 2.16. The lowest BCUT2D eigenvalue weighted by atomic mass is 10.3. The Bertz CT molecular complexity index is 374. The van der Waals surface area contributed by atoms with Gasteiger partial charge in [0.05, 0.1) is 24.8 Å². The molecule has 0 bridgehead atoms. The summed E-state index contributed by atoms with van der Waals surface area (Å²) < 4.78 is 10.7. The Morgan fingerprint density at radius 1 is 1.35 bits per heavy atom. The molecule has 0 aliphatic rings. The monoisotopic (exact) mass is 235 g/mol. The minimum absolute atomic E-state index is 0.440. The van der Waals surface area contributed by atoms with Crippen LogP contribution in [0.5, 0.6) is 5.88 Å². The van der Waals surface area contributed by atoms with Crippen molar-refractivity contribution in [1.29, 1.82) is 5.26 Å². The number of nitrogens with zero attached hydrogens (tertiary/aromatic N) is 3. The molecular weight excluding hydrogens is 218 g/mol. The normalized spacial score (nSPS) is 10.2. The summed E-state index contributed by atoms with van der Waals surface area (Å²) in [6, 6.07) is 5.28. The van der Waals surface area contributed by atoms with E-state index >= 15 is 0 Å². The zero-order valence-corrected chi connectivity index (χ0v) is 10.2. The summed E-state index contributed by atoms with van der Waals surface area (Å²) in [6.45, 7) is 2.53. The van der Waals surface area contributed by atoms with Crippen molar-refractivity contribution in [3.8, 4) is 11.9 Å². The van der Waals surface area contributed by atoms with Gasteiger partial charge < -0.3 is 14.4 Å². The molecule has 0 aliphatic carbocycles. The molecule has 5 nitrogen and oxygen atoms in total. The molecule has 5 heteroatoms. The molecule has 0 unspecified atom stereocenters. The summed E-state index contributed by atoms with van der Waals surface area (Å²) in [6.07, 6.45) is 1.56. The topological polar surface area (TPSA) is 58.4 Å². The van der Waals surface area contributed by atoms with E-state index in [1.807, 2.05) is 20.2 Å². The van der Waals surface area contributed by atoms with Crippen LogP contribution in [-0.2, 0) is 4.74 Å². The van der Waals surface area contributed by atoms with Crippen molar-refractivity contribution in [1.82, 2.24) is 9.88 Å². The third-order valence-electron chi connectivity index (χ3n) is 2.02. The molecule has 0 radical (unpaired) electrons. The second-order valence-corrected chi connectivity index (χ2v) is 3.76. The second-order valence-electron chi connectivity index (χ2n) is 3.76. The summed E-state index contributed by atoms with van der Waals surface area (Å²) in [4.78, 5) is 6.05. The van der Waals surface area contributed by atoms with Gasteiger partial charge in [-0.2, -0.15) is 5.26 Å². The number of aromatic nitrogens is 1. The van der Waals surface area contributed by atoms with Crippen LogP contribution in [-0.4, -0.2) is 50.3 Å². The predicted octanol–water partition coefficient (Wildman–Crippen LogP) is 0.910. The quantitative estimate of drug-likeness (QED) is 0.657. The molecule has 0 aliphatic heterocycles. The van der Waals surface area contributed by atoms with E-state index in [1.54, 1.807) is 18.3 Å². The van der Waals surface area contributed by atoms with Crippen LogP contribution >= 0.6 is 0 Å². The maximum absolute atomic E-state index is 8.69. The minimum atomic E-state index is 0.440. The zero-order valence-electron chi connectivity index (χ0n) is 10.2. The van der Waals surface area contributed by atoms with Crippen LogP contribution in [0.2, 0.25) is 0 Å². The summed E-state index contributed by atoms with van der Waals surface area (Å²) in [5.74, 6) is 0.459. The zero-order chi connectivity index (χ0) is 12.5. The van der Waals surface area contributed by atoms with Gasteiger partial charge in [-0.05, 0) is 20.2 Å². The van der Waals surface area contributed by atoms with Crippen molar-refractivity contribution in [2.75, 3.05) is 40.5 Å². The van der Waals surface area contributed by atoms with Crippen molar-refractivity contribution >= 4 is 0 Å². The highest BCUT2D eigenvalue weighted by Crippen LogP contribution is 2.07. The average Bonchev–Trinajstić information content (AvgIpc) is 2.33. The van der Waals surface area contributed by atoms with Crippen molar-refractivity contribution in [3.63, 3.8) is 0 Å². The lowest BCUT2D eigenvalue weighted by Gasteiger charge is -2.10. The molecule has 0 saturated heterocycles. The Kier molecular flexibility index (Phi) is 6.00. The number of pyridine rings is 1. The Labute approximate surface area is 102 Å². The number of rotatable bonds is 7. The molecule has 0 aromatic carbocycles. The van der Waals surface area contributed by atoms with Crippen molar-refractivity contribution < 1.29 is 9.47 Å². The molecule has 0 spiro atoms. The number of hydrogen-bond donors (Lipinski definition) is 0. The van der Waals surface area contributed by atoms with Crippen molar-refractivity contribution in [3.05, 3.63) is 23.9 Å². The lowest BCUT2D eigenvalue weighted by molar-refractivity contribution is 0.0876. The highest BCUT2D eigenvalue weighted by atomic mass is 16.5. The minimum Gasteiger partial charge on any atom is -0.475 e. The van der Waals surface area contributed by atoms with Crippen LogP contribution in [0, 0.1) is 11.3 Å². The Morgan fingerprint density at radius 3 is 2.88 bits per heavy atom. The van der Waals surface area contributed by atoms with Crippen LogP contribution in [0.1, 0.15) is 5.56 Å². The molecule has 17 heavy (non-hydrogen) atoms. The largest absolute Gasteiger partial charge is 0.475 e. The summed E-state index contributed by atoms with van der Waals surface area (Å²) in [5.41, 5.74) is 0.545. The smallest absolute Gasteiger partial charge is 0.214 e. The molecule has 1 aromatic heterocycles. The molecule has 1 aromatic rings. The van der Waals surface area contributed by atoms with Crippen LogP contribution in [0.4, 0.5) is 0 Å². The van der Waals surface area contributed by atoms with E-state index in [9.17, 15) is 0 Å². The van der Waals surface area contributed by atoms with Gasteiger partial charge in [0.1, 0.15) is 6.61 Å². The Hall–Kier alpha value is -1.64. The van der Waals surface area contributed by atoms with Gasteiger partial charge in [0, 0.05) is 18.8 Å². The molecule has 92 valence electrons. The number of ether oxygens (including phenoxy) is 2. The van der Waals surface area contributed by atoms with Crippen LogP contribution in [0.15, 0.2) is 18.3 Å². The first-order valence-corrected chi connectivity index (χ1v) is 5.44. The van der Waals surface area contributed by atoms with E-state index in [0.717, 1.165) is 6.54 Å². The van der Waals surface area contributed by atoms with Gasteiger partial charge in [0.2, 0.25) is 5.88 Å². The fourth-order valence-corrected chi connectivity index (χ4v) is 1.11. The molecule has 0 N–H and O–H groups in total. The first-order valence-electron chi connectivity index (χ1n) is 5.44. The van der Waals surface area contributed by atoms with Gasteiger partial charge in [-0.1, -0.05) is 0 Å². The van der Waals surface area contributed by atoms with E-state index < -0.39 is 0 Å². The molecular formula is C12H17N3O2. The summed E-state index contributed by atoms with van der Waals surface area (Å²) in [5, 5.41) is 8.69. The van der Waals surface area contributed by atoms with Crippen molar-refractivity contribution in [2.24, 2.45) is 0 Å². The van der Waals surface area contributed by atoms with Crippen LogP contribution < -0.4 is 4.74 Å². The predicted molar refractivity (Wildman–Crippen MR) is 63.8 cm³/mol. The van der Waals surface area contributed by atoms with E-state index in [2.05, 4.69) is 9.88 Å². The lowest BCUT2D eigenvalue weighted by Crippen LogP contribution is -2.19. The number of hydrogen-bond acceptors (Lipinski definition) is 5. The molecule has 0 fully saturated rings. The standard InChI is InChI=1S/C12H17N3O2/c1-15(2)5-6-16-7-8-17-12-9-11(10-13)3-4-14-12/h3-4,9H,5-8H2,1-2H3. The first kappa shape index (κ1) is 13.4. The Morgan fingerprint density at radius 2 is 2.18 bits per heavy atom. The molecule has 0 saturated carbocycles. The maximum Gasteiger partial charge on any atom is 0.214 e. The first-order chi connectivity index (χ1) is 8.22. The third-order valence-corrected chi connectivity index (χ3v) is 2.02. The van der Waals surface area contributed by atoms with Gasteiger partial charge in [-0.3, -0.25) is 0 Å². The average molecular weight is 235 g/mol. The molecule has 1 rings (SSSR count). The van der Waals surface area contributed by atoms with E-state index in [-0.39, 0.29) is 0 Å². The molecule has 1 heterocycles. The van der Waals surface area contributed by atoms with Gasteiger partial charge in [-0.25, -0.2) is 4.98 Å². The third kappa shape index (κ3) is 5.85. The molecule has 0 atom stereocenters. The van der Waals surface area contributed by atoms with E-state index in [0.29, 0.717) is 31.3 Å². The fourth-order valence-electron chi connectivity index (χ4n) is 1.11. The highest BCUT2D eigenvalue weighted by molar-refractivity contribution is 5.31. The highest BCUT2D eigenvalue weighted by Gasteiger charge is 1.97. The van der Waals surface area contributed by atoms with E-state index in [4.69, 9.17) is 14.7 Å². The van der Waals surface area contributed by atoms with E-state index in [1.165, 1.54) is 0 Å². The molecule has 0 amide bonds. The van der Waals surface area contributed by atoms with Gasteiger partial charge >= 0.3 is 0 Å². The van der Waals surface area contributed by atoms with Gasteiger partial charge in [0.25, 0.3) is 0 Å². The number of nitriles is 1. The summed E-state index contributed by atoms with van der Waals surface area (Å²) in [7, 11) is 3.99. The van der Waals surface area contributed by atoms with Gasteiger partial charge in [0.15, 0.2) is 0 Å². The summed E-state index contributed by atoms with van der Waals surface area (Å²) >= 11 is 0. The van der Waals surface area contributed by atoms with Crippen molar-refractivity contribution in [2.45, 2.75) is 0 Å². The van der Waals surface area contributed by atoms with Crippen LogP contribution in [0.3, 0.4) is 0 Å². The fraction of sp³-hybridized carbons (Fsp3) is 0.500. The van der Waals surface area contributed by atoms with Crippen LogP contribution in [0.25, 0.3) is 0 Å². The number of likely N-dealkylation sites (N-methyl/N-ethyl adjacent to an activating group) is 1. The maximum atomic E-state index is 8.69. The SMILES string of the molecule is CN(C)CCOCCOc1cc(C#N)ccn1. The second kappa shape index (κ2) is 7.60. The van der Waals surface area contributed by atoms with Gasteiger partial charge in [-0.15, -0.1) is 0 Å².